The zero-order chi connectivity index (χ0) is 11.3. The fourth-order valence-corrected chi connectivity index (χ4v) is 1.73. The number of likely N-dealkylation sites (tertiary alicyclic amines) is 1. The molecule has 3 heteroatoms. The largest absolute Gasteiger partial charge is 0.335 e. The molecule has 0 radical (unpaired) electrons. The minimum Gasteiger partial charge on any atom is -0.335 e. The molecule has 1 rings (SSSR count). The Bertz CT molecular complexity index is 196. The van der Waals surface area contributed by atoms with Gasteiger partial charge >= 0.3 is 6.03 Å². The lowest BCUT2D eigenvalue weighted by Crippen LogP contribution is -2.45. The van der Waals surface area contributed by atoms with Crippen molar-refractivity contribution in [3.05, 3.63) is 0 Å². The van der Waals surface area contributed by atoms with Gasteiger partial charge in [-0.1, -0.05) is 26.7 Å². The average Bonchev–Trinajstić information content (AvgIpc) is 2.45. The maximum Gasteiger partial charge on any atom is 0.317 e. The highest BCUT2D eigenvalue weighted by molar-refractivity contribution is 5.74. The van der Waals surface area contributed by atoms with Crippen LogP contribution in [0, 0.1) is 5.92 Å². The maximum atomic E-state index is 11.9. The third-order valence-electron chi connectivity index (χ3n) is 3.24. The van der Waals surface area contributed by atoms with Crippen LogP contribution in [0.5, 0.6) is 0 Å². The van der Waals surface area contributed by atoms with E-state index in [9.17, 15) is 4.79 Å². The molecule has 0 aromatic heterocycles. The summed E-state index contributed by atoms with van der Waals surface area (Å²) in [4.78, 5) is 13.8. The van der Waals surface area contributed by atoms with Crippen LogP contribution in [0.3, 0.4) is 0 Å². The summed E-state index contributed by atoms with van der Waals surface area (Å²) >= 11 is 0. The van der Waals surface area contributed by atoms with Crippen molar-refractivity contribution in [2.45, 2.75) is 52.5 Å². The smallest absolute Gasteiger partial charge is 0.317 e. The van der Waals surface area contributed by atoms with Crippen LogP contribution in [-0.2, 0) is 0 Å². The van der Waals surface area contributed by atoms with E-state index in [0.29, 0.717) is 5.92 Å². The molecule has 1 aliphatic heterocycles. The van der Waals surface area contributed by atoms with Gasteiger partial charge in [-0.25, -0.2) is 4.79 Å². The molecule has 2 amide bonds. The zero-order valence-electron chi connectivity index (χ0n) is 10.3. The molecular weight excluding hydrogens is 188 g/mol. The van der Waals surface area contributed by atoms with Gasteiger partial charge in [0.2, 0.25) is 0 Å². The predicted octanol–water partition coefficient (Wildman–Crippen LogP) is 2.62. The van der Waals surface area contributed by atoms with E-state index in [0.717, 1.165) is 25.9 Å². The van der Waals surface area contributed by atoms with Crippen molar-refractivity contribution in [1.82, 2.24) is 10.2 Å². The third-order valence-corrected chi connectivity index (χ3v) is 3.24. The minimum absolute atomic E-state index is 0.123. The van der Waals surface area contributed by atoms with E-state index >= 15 is 0 Å². The van der Waals surface area contributed by atoms with Gasteiger partial charge in [0.05, 0.1) is 0 Å². The summed E-state index contributed by atoms with van der Waals surface area (Å²) in [6, 6.07) is 0.388. The summed E-state index contributed by atoms with van der Waals surface area (Å²) in [6.45, 7) is 8.19. The van der Waals surface area contributed by atoms with Gasteiger partial charge in [0.25, 0.3) is 0 Å². The Hall–Kier alpha value is -0.730. The first-order valence-corrected chi connectivity index (χ1v) is 6.16. The standard InChI is InChI=1S/C12H24N2O/c1-10(2)11(3)13-12(15)14-8-6-4-5-7-9-14/h10-11H,4-9H2,1-3H3,(H,13,15). The van der Waals surface area contributed by atoms with E-state index in [-0.39, 0.29) is 12.1 Å². The Labute approximate surface area is 93.2 Å². The van der Waals surface area contributed by atoms with Crippen molar-refractivity contribution in [1.29, 1.82) is 0 Å². The van der Waals surface area contributed by atoms with Gasteiger partial charge in [0, 0.05) is 19.1 Å². The molecule has 1 N–H and O–H groups in total. The molecular formula is C12H24N2O. The Kier molecular flexibility index (Phi) is 4.92. The molecule has 88 valence electrons. The number of nitrogens with one attached hydrogen (secondary N) is 1. The van der Waals surface area contributed by atoms with Crippen LogP contribution in [0.1, 0.15) is 46.5 Å². The van der Waals surface area contributed by atoms with Crippen LogP contribution in [0.2, 0.25) is 0 Å². The number of rotatable bonds is 2. The predicted molar refractivity (Wildman–Crippen MR) is 62.9 cm³/mol. The number of amides is 2. The molecule has 1 atom stereocenters. The lowest BCUT2D eigenvalue weighted by Gasteiger charge is -2.25. The summed E-state index contributed by atoms with van der Waals surface area (Å²) in [5.41, 5.74) is 0. The van der Waals surface area contributed by atoms with Crippen molar-refractivity contribution in [3.8, 4) is 0 Å². The van der Waals surface area contributed by atoms with Crippen LogP contribution in [-0.4, -0.2) is 30.1 Å². The lowest BCUT2D eigenvalue weighted by molar-refractivity contribution is 0.193. The molecule has 0 saturated carbocycles. The van der Waals surface area contributed by atoms with E-state index in [2.05, 4.69) is 26.1 Å². The molecule has 3 nitrogen and oxygen atoms in total. The molecule has 1 unspecified atom stereocenters. The Balaban J connectivity index is 2.37. The van der Waals surface area contributed by atoms with Crippen LogP contribution in [0.25, 0.3) is 0 Å². The number of carbonyl (C=O) groups excluding carboxylic acids is 1. The van der Waals surface area contributed by atoms with Gasteiger partial charge in [-0.05, 0) is 25.7 Å². The molecule has 0 aromatic rings. The maximum absolute atomic E-state index is 11.9. The molecule has 0 bridgehead atoms. The molecule has 0 aliphatic carbocycles. The molecule has 0 spiro atoms. The first kappa shape index (κ1) is 12.3. The molecule has 1 saturated heterocycles. The molecule has 1 heterocycles. The van der Waals surface area contributed by atoms with Gasteiger partial charge in [-0.2, -0.15) is 0 Å². The first-order chi connectivity index (χ1) is 7.11. The van der Waals surface area contributed by atoms with Gasteiger partial charge in [0.1, 0.15) is 0 Å². The average molecular weight is 212 g/mol. The molecule has 0 aromatic carbocycles. The van der Waals surface area contributed by atoms with E-state index in [1.54, 1.807) is 0 Å². The third kappa shape index (κ3) is 4.10. The van der Waals surface area contributed by atoms with E-state index < -0.39 is 0 Å². The summed E-state index contributed by atoms with van der Waals surface area (Å²) < 4.78 is 0. The van der Waals surface area contributed by atoms with Crippen molar-refractivity contribution in [3.63, 3.8) is 0 Å². The number of hydrogen-bond donors (Lipinski definition) is 1. The zero-order valence-corrected chi connectivity index (χ0v) is 10.3. The van der Waals surface area contributed by atoms with Crippen molar-refractivity contribution in [2.24, 2.45) is 5.92 Å². The van der Waals surface area contributed by atoms with Gasteiger partial charge in [0.15, 0.2) is 0 Å². The second-order valence-corrected chi connectivity index (χ2v) is 4.88. The number of nitrogens with zero attached hydrogens (tertiary/aromatic N) is 1. The Morgan fingerprint density at radius 1 is 1.07 bits per heavy atom. The van der Waals surface area contributed by atoms with Gasteiger partial charge in [-0.3, -0.25) is 0 Å². The van der Waals surface area contributed by atoms with E-state index in [4.69, 9.17) is 0 Å². The topological polar surface area (TPSA) is 32.3 Å². The Morgan fingerprint density at radius 2 is 1.60 bits per heavy atom. The SMILES string of the molecule is CC(C)C(C)NC(=O)N1CCCCCC1. The first-order valence-electron chi connectivity index (χ1n) is 6.16. The summed E-state index contributed by atoms with van der Waals surface area (Å²) in [5.74, 6) is 0.501. The highest BCUT2D eigenvalue weighted by atomic mass is 16.2. The lowest BCUT2D eigenvalue weighted by atomic mass is 10.1. The van der Waals surface area contributed by atoms with Crippen LogP contribution < -0.4 is 5.32 Å². The second-order valence-electron chi connectivity index (χ2n) is 4.88. The van der Waals surface area contributed by atoms with Crippen molar-refractivity contribution in [2.75, 3.05) is 13.1 Å². The van der Waals surface area contributed by atoms with Gasteiger partial charge in [-0.15, -0.1) is 0 Å². The van der Waals surface area contributed by atoms with Crippen LogP contribution in [0.4, 0.5) is 4.79 Å². The second kappa shape index (κ2) is 5.99. The monoisotopic (exact) mass is 212 g/mol. The fraction of sp³-hybridized carbons (Fsp3) is 0.917. The highest BCUT2D eigenvalue weighted by Crippen LogP contribution is 2.10. The van der Waals surface area contributed by atoms with Gasteiger partial charge < -0.3 is 10.2 Å². The summed E-state index contributed by atoms with van der Waals surface area (Å²) in [7, 11) is 0. The minimum atomic E-state index is 0.123. The van der Waals surface area contributed by atoms with E-state index in [1.165, 1.54) is 12.8 Å². The number of urea groups is 1. The summed E-state index contributed by atoms with van der Waals surface area (Å²) in [5, 5.41) is 3.06. The number of hydrogen-bond acceptors (Lipinski definition) is 1. The molecule has 1 aliphatic rings. The molecule has 15 heavy (non-hydrogen) atoms. The van der Waals surface area contributed by atoms with E-state index in [1.807, 2.05) is 4.90 Å². The highest BCUT2D eigenvalue weighted by Gasteiger charge is 2.17. The van der Waals surface area contributed by atoms with Crippen molar-refractivity contribution < 1.29 is 4.79 Å². The normalized spacial score (nSPS) is 19.9. The van der Waals surface area contributed by atoms with Crippen LogP contribution in [0.15, 0.2) is 0 Å². The van der Waals surface area contributed by atoms with Crippen molar-refractivity contribution >= 4 is 6.03 Å². The van der Waals surface area contributed by atoms with Crippen LogP contribution >= 0.6 is 0 Å². The Morgan fingerprint density at radius 3 is 2.07 bits per heavy atom. The fourth-order valence-electron chi connectivity index (χ4n) is 1.73. The number of carbonyl (C=O) groups is 1. The quantitative estimate of drug-likeness (QED) is 0.749. The summed E-state index contributed by atoms with van der Waals surface area (Å²) in [6.07, 6.45) is 4.85. The molecule has 1 fully saturated rings.